The van der Waals surface area contributed by atoms with Gasteiger partial charge in [0.05, 0.1) is 5.69 Å². The van der Waals surface area contributed by atoms with Crippen molar-refractivity contribution >= 4 is 11.9 Å². The van der Waals surface area contributed by atoms with Crippen molar-refractivity contribution in [1.82, 2.24) is 10.5 Å². The zero-order chi connectivity index (χ0) is 14.7. The molecule has 6 heteroatoms. The highest BCUT2D eigenvalue weighted by molar-refractivity contribution is 5.93. The van der Waals surface area contributed by atoms with E-state index in [-0.39, 0.29) is 11.9 Å². The molecule has 20 heavy (non-hydrogen) atoms. The van der Waals surface area contributed by atoms with E-state index in [9.17, 15) is 9.59 Å². The van der Waals surface area contributed by atoms with Crippen LogP contribution in [0.25, 0.3) is 0 Å². The van der Waals surface area contributed by atoms with E-state index in [2.05, 4.69) is 10.5 Å². The summed E-state index contributed by atoms with van der Waals surface area (Å²) < 4.78 is 10.1. The van der Waals surface area contributed by atoms with Crippen LogP contribution in [0, 0.1) is 13.8 Å². The predicted molar refractivity (Wildman–Crippen MR) is 71.3 cm³/mol. The second-order valence-electron chi connectivity index (χ2n) is 5.24. The largest absolute Gasteiger partial charge is 0.449 e. The third-order valence-corrected chi connectivity index (χ3v) is 3.59. The minimum Gasteiger partial charge on any atom is -0.449 e. The van der Waals surface area contributed by atoms with Crippen LogP contribution in [0.2, 0.25) is 0 Å². The molecule has 1 aromatic rings. The number of hydrogen-bond donors (Lipinski definition) is 1. The summed E-state index contributed by atoms with van der Waals surface area (Å²) in [7, 11) is 0. The number of aryl methyl sites for hydroxylation is 2. The van der Waals surface area contributed by atoms with Gasteiger partial charge >= 0.3 is 5.97 Å². The van der Waals surface area contributed by atoms with Gasteiger partial charge in [-0.2, -0.15) is 0 Å². The summed E-state index contributed by atoms with van der Waals surface area (Å²) >= 11 is 0. The zero-order valence-corrected chi connectivity index (χ0v) is 12.1. The fourth-order valence-corrected chi connectivity index (χ4v) is 2.44. The van der Waals surface area contributed by atoms with Crippen molar-refractivity contribution in [2.75, 3.05) is 0 Å². The summed E-state index contributed by atoms with van der Waals surface area (Å²) in [5.41, 5.74) is 0.765. The van der Waals surface area contributed by atoms with E-state index in [0.29, 0.717) is 17.0 Å². The summed E-state index contributed by atoms with van der Waals surface area (Å²) in [6.45, 7) is 4.87. The highest BCUT2D eigenvalue weighted by Crippen LogP contribution is 2.18. The monoisotopic (exact) mass is 280 g/mol. The maximum Gasteiger partial charge on any atom is 0.344 e. The van der Waals surface area contributed by atoms with Crippen LogP contribution in [-0.4, -0.2) is 29.2 Å². The van der Waals surface area contributed by atoms with Crippen molar-refractivity contribution in [3.8, 4) is 0 Å². The molecule has 0 radical (unpaired) electrons. The molecule has 1 N–H and O–H groups in total. The highest BCUT2D eigenvalue weighted by atomic mass is 16.5. The summed E-state index contributed by atoms with van der Waals surface area (Å²) in [5, 5.41) is 6.60. The molecular formula is C14H20N2O4. The Morgan fingerprint density at radius 1 is 1.35 bits per heavy atom. The maximum absolute atomic E-state index is 12.0. The molecule has 0 spiro atoms. The van der Waals surface area contributed by atoms with Crippen molar-refractivity contribution in [2.45, 2.75) is 58.6 Å². The Morgan fingerprint density at radius 2 is 2.00 bits per heavy atom. The zero-order valence-electron chi connectivity index (χ0n) is 12.1. The molecule has 0 saturated heterocycles. The molecule has 1 aromatic heterocycles. The number of carbonyl (C=O) groups excluding carboxylic acids is 2. The van der Waals surface area contributed by atoms with E-state index in [1.54, 1.807) is 20.8 Å². The van der Waals surface area contributed by atoms with E-state index >= 15 is 0 Å². The molecule has 1 aliphatic rings. The third-order valence-electron chi connectivity index (χ3n) is 3.59. The second-order valence-corrected chi connectivity index (χ2v) is 5.24. The molecule has 1 fully saturated rings. The van der Waals surface area contributed by atoms with E-state index < -0.39 is 12.1 Å². The van der Waals surface area contributed by atoms with Crippen LogP contribution in [0.3, 0.4) is 0 Å². The molecule has 1 atom stereocenters. The Bertz CT molecular complexity index is 484. The minimum absolute atomic E-state index is 0.211. The van der Waals surface area contributed by atoms with Gasteiger partial charge < -0.3 is 14.6 Å². The molecule has 1 saturated carbocycles. The number of amides is 1. The molecule has 0 bridgehead atoms. The second kappa shape index (κ2) is 6.07. The van der Waals surface area contributed by atoms with Gasteiger partial charge in [0.1, 0.15) is 11.3 Å². The molecule has 1 aliphatic carbocycles. The molecule has 2 rings (SSSR count). The first-order valence-electron chi connectivity index (χ1n) is 6.93. The lowest BCUT2D eigenvalue weighted by molar-refractivity contribution is -0.129. The van der Waals surface area contributed by atoms with Gasteiger partial charge in [0.25, 0.3) is 5.91 Å². The van der Waals surface area contributed by atoms with E-state index in [4.69, 9.17) is 9.26 Å². The van der Waals surface area contributed by atoms with Crippen molar-refractivity contribution < 1.29 is 18.8 Å². The fraction of sp³-hybridized carbons (Fsp3) is 0.643. The summed E-state index contributed by atoms with van der Waals surface area (Å²) in [6, 6.07) is 0.211. The molecule has 1 unspecified atom stereocenters. The lowest BCUT2D eigenvalue weighted by Gasteiger charge is -2.17. The maximum atomic E-state index is 12.0. The van der Waals surface area contributed by atoms with E-state index in [0.717, 1.165) is 25.7 Å². The van der Waals surface area contributed by atoms with Crippen LogP contribution in [-0.2, 0) is 9.53 Å². The first-order valence-corrected chi connectivity index (χ1v) is 6.93. The van der Waals surface area contributed by atoms with Gasteiger partial charge in [-0.05, 0) is 33.6 Å². The Kier molecular flexibility index (Phi) is 4.42. The van der Waals surface area contributed by atoms with Crippen LogP contribution in [0.5, 0.6) is 0 Å². The predicted octanol–water partition coefficient (Wildman–Crippen LogP) is 1.90. The Labute approximate surface area is 117 Å². The van der Waals surface area contributed by atoms with Crippen molar-refractivity contribution in [1.29, 1.82) is 0 Å². The molecule has 1 amide bonds. The number of nitrogens with zero attached hydrogens (tertiary/aromatic N) is 1. The summed E-state index contributed by atoms with van der Waals surface area (Å²) in [6.07, 6.45) is 3.44. The quantitative estimate of drug-likeness (QED) is 0.852. The van der Waals surface area contributed by atoms with E-state index in [1.807, 2.05) is 0 Å². The van der Waals surface area contributed by atoms with Gasteiger partial charge in [0.2, 0.25) is 0 Å². The van der Waals surface area contributed by atoms with Crippen LogP contribution < -0.4 is 5.32 Å². The average molecular weight is 280 g/mol. The number of rotatable bonds is 4. The lowest BCUT2D eigenvalue weighted by atomic mass is 10.2. The molecule has 1 heterocycles. The Morgan fingerprint density at radius 3 is 2.55 bits per heavy atom. The lowest BCUT2D eigenvalue weighted by Crippen LogP contribution is -2.40. The number of nitrogens with one attached hydrogen (secondary N) is 1. The van der Waals surface area contributed by atoms with Gasteiger partial charge in [-0.1, -0.05) is 18.0 Å². The minimum atomic E-state index is -0.822. The summed E-state index contributed by atoms with van der Waals surface area (Å²) in [5.74, 6) is -0.428. The molecule has 110 valence electrons. The van der Waals surface area contributed by atoms with Crippen LogP contribution in [0.4, 0.5) is 0 Å². The first-order chi connectivity index (χ1) is 9.49. The van der Waals surface area contributed by atoms with Crippen molar-refractivity contribution in [3.63, 3.8) is 0 Å². The van der Waals surface area contributed by atoms with Gasteiger partial charge in [-0.25, -0.2) is 4.79 Å². The molecule has 0 aromatic carbocycles. The summed E-state index contributed by atoms with van der Waals surface area (Å²) in [4.78, 5) is 23.9. The number of carbonyl (C=O) groups is 2. The van der Waals surface area contributed by atoms with Crippen LogP contribution in [0.1, 0.15) is 54.4 Å². The normalized spacial score (nSPS) is 16.9. The van der Waals surface area contributed by atoms with E-state index in [1.165, 1.54) is 0 Å². The SMILES string of the molecule is Cc1noc(C)c1C(=O)OC(C)C(=O)NC1CCCC1. The fourth-order valence-electron chi connectivity index (χ4n) is 2.44. The molecule has 6 nitrogen and oxygen atoms in total. The van der Waals surface area contributed by atoms with Crippen LogP contribution in [0.15, 0.2) is 4.52 Å². The van der Waals surface area contributed by atoms with Gasteiger partial charge in [0, 0.05) is 6.04 Å². The average Bonchev–Trinajstić information content (AvgIpc) is 2.99. The van der Waals surface area contributed by atoms with Gasteiger partial charge in [-0.15, -0.1) is 0 Å². The Hall–Kier alpha value is -1.85. The Balaban J connectivity index is 1.91. The van der Waals surface area contributed by atoms with Gasteiger partial charge in [-0.3, -0.25) is 4.79 Å². The number of ether oxygens (including phenoxy) is 1. The molecular weight excluding hydrogens is 260 g/mol. The van der Waals surface area contributed by atoms with Crippen LogP contribution >= 0.6 is 0 Å². The van der Waals surface area contributed by atoms with Gasteiger partial charge in [0.15, 0.2) is 6.10 Å². The topological polar surface area (TPSA) is 81.4 Å². The van der Waals surface area contributed by atoms with Crippen molar-refractivity contribution in [3.05, 3.63) is 17.0 Å². The third kappa shape index (κ3) is 3.18. The first kappa shape index (κ1) is 14.6. The highest BCUT2D eigenvalue weighted by Gasteiger charge is 2.26. The smallest absolute Gasteiger partial charge is 0.344 e. The number of aromatic nitrogens is 1. The number of esters is 1. The standard InChI is InChI=1S/C14H20N2O4/c1-8-12(9(2)20-16-8)14(18)19-10(3)13(17)15-11-6-4-5-7-11/h10-11H,4-7H2,1-3H3,(H,15,17). The van der Waals surface area contributed by atoms with Crippen molar-refractivity contribution in [2.24, 2.45) is 0 Å². The number of hydrogen-bond acceptors (Lipinski definition) is 5. The molecule has 0 aliphatic heterocycles.